The summed E-state index contributed by atoms with van der Waals surface area (Å²) in [4.78, 5) is 16.0. The molecule has 8 heteroatoms. The molecule has 0 saturated carbocycles. The maximum Gasteiger partial charge on any atom is 0.388 e. The zero-order valence-corrected chi connectivity index (χ0v) is 13.3. The molecule has 0 N–H and O–H groups in total. The Morgan fingerprint density at radius 2 is 1.84 bits per heavy atom. The Kier molecular flexibility index (Phi) is 5.08. The number of alkyl halides is 2. The fourth-order valence-electron chi connectivity index (χ4n) is 2.32. The number of rotatable bonds is 6. The predicted molar refractivity (Wildman–Crippen MR) is 85.5 cm³/mol. The Balaban J connectivity index is 2.00. The molecule has 128 valence electrons. The standard InChI is InChI=1S/C17H14F2N4O2/c1-24-15-6-13(2-3-22-15)14-5-11(4-12-7-20-10-21-8-12)9-23-16(14)25-17(18)19/h2-3,5-10,17H,4H2,1H3. The van der Waals surface area contributed by atoms with E-state index in [1.807, 2.05) is 0 Å². The second-order valence-corrected chi connectivity index (χ2v) is 5.09. The molecule has 0 bridgehead atoms. The number of methoxy groups -OCH3 is 1. The van der Waals surface area contributed by atoms with Crippen molar-refractivity contribution >= 4 is 0 Å². The summed E-state index contributed by atoms with van der Waals surface area (Å²) in [6.45, 7) is -2.97. The Morgan fingerprint density at radius 3 is 2.56 bits per heavy atom. The zero-order chi connectivity index (χ0) is 17.6. The van der Waals surface area contributed by atoms with Crippen LogP contribution in [0.5, 0.6) is 11.8 Å². The summed E-state index contributed by atoms with van der Waals surface area (Å²) < 4.78 is 35.0. The largest absolute Gasteiger partial charge is 0.481 e. The smallest absolute Gasteiger partial charge is 0.388 e. The van der Waals surface area contributed by atoms with Crippen molar-refractivity contribution in [2.24, 2.45) is 0 Å². The van der Waals surface area contributed by atoms with Gasteiger partial charge in [-0.1, -0.05) is 0 Å². The van der Waals surface area contributed by atoms with Crippen LogP contribution in [0.4, 0.5) is 8.78 Å². The normalized spacial score (nSPS) is 10.7. The number of nitrogens with zero attached hydrogens (tertiary/aromatic N) is 4. The average Bonchev–Trinajstić information content (AvgIpc) is 2.63. The Hall–Kier alpha value is -3.16. The predicted octanol–water partition coefficient (Wildman–Crippen LogP) is 3.13. The van der Waals surface area contributed by atoms with Gasteiger partial charge in [-0.3, -0.25) is 0 Å². The maximum atomic E-state index is 12.7. The molecule has 0 amide bonds. The van der Waals surface area contributed by atoms with Gasteiger partial charge in [-0.25, -0.2) is 19.9 Å². The highest BCUT2D eigenvalue weighted by molar-refractivity contribution is 5.69. The summed E-state index contributed by atoms with van der Waals surface area (Å²) in [7, 11) is 1.48. The molecule has 0 aromatic carbocycles. The molecule has 0 unspecified atom stereocenters. The first-order valence-corrected chi connectivity index (χ1v) is 7.33. The van der Waals surface area contributed by atoms with E-state index in [1.54, 1.807) is 30.6 Å². The molecule has 0 aliphatic heterocycles. The highest BCUT2D eigenvalue weighted by Crippen LogP contribution is 2.31. The maximum absolute atomic E-state index is 12.7. The molecule has 3 aromatic heterocycles. The van der Waals surface area contributed by atoms with Crippen molar-refractivity contribution in [3.05, 3.63) is 60.4 Å². The van der Waals surface area contributed by atoms with Gasteiger partial charge in [0.25, 0.3) is 0 Å². The molecule has 0 aliphatic rings. The van der Waals surface area contributed by atoms with Gasteiger partial charge in [0.15, 0.2) is 0 Å². The van der Waals surface area contributed by atoms with Crippen molar-refractivity contribution in [1.82, 2.24) is 19.9 Å². The van der Waals surface area contributed by atoms with E-state index in [0.29, 0.717) is 23.4 Å². The van der Waals surface area contributed by atoms with E-state index in [9.17, 15) is 8.78 Å². The van der Waals surface area contributed by atoms with E-state index >= 15 is 0 Å². The lowest BCUT2D eigenvalue weighted by atomic mass is 10.0. The SMILES string of the molecule is COc1cc(-c2cc(Cc3cncnc3)cnc2OC(F)F)ccn1. The molecule has 0 saturated heterocycles. The minimum Gasteiger partial charge on any atom is -0.481 e. The van der Waals surface area contributed by atoms with E-state index in [1.165, 1.54) is 25.8 Å². The summed E-state index contributed by atoms with van der Waals surface area (Å²) in [6, 6.07) is 5.05. The van der Waals surface area contributed by atoms with E-state index in [2.05, 4.69) is 24.7 Å². The van der Waals surface area contributed by atoms with Gasteiger partial charge in [-0.2, -0.15) is 8.78 Å². The fraction of sp³-hybridized carbons (Fsp3) is 0.176. The number of ether oxygens (including phenoxy) is 2. The highest BCUT2D eigenvalue weighted by atomic mass is 19.3. The van der Waals surface area contributed by atoms with Gasteiger partial charge in [-0.05, 0) is 28.8 Å². The number of hydrogen-bond acceptors (Lipinski definition) is 6. The minimum absolute atomic E-state index is 0.156. The van der Waals surface area contributed by atoms with Crippen LogP contribution in [0, 0.1) is 0 Å². The molecule has 25 heavy (non-hydrogen) atoms. The molecule has 0 aliphatic carbocycles. The first-order chi connectivity index (χ1) is 12.2. The van der Waals surface area contributed by atoms with Crippen molar-refractivity contribution in [3.8, 4) is 22.9 Å². The number of aromatic nitrogens is 4. The van der Waals surface area contributed by atoms with Crippen LogP contribution in [-0.2, 0) is 6.42 Å². The second kappa shape index (κ2) is 7.61. The second-order valence-electron chi connectivity index (χ2n) is 5.09. The van der Waals surface area contributed by atoms with Crippen molar-refractivity contribution in [1.29, 1.82) is 0 Å². The van der Waals surface area contributed by atoms with Crippen LogP contribution in [0.1, 0.15) is 11.1 Å². The van der Waals surface area contributed by atoms with Crippen LogP contribution < -0.4 is 9.47 Å². The Morgan fingerprint density at radius 1 is 1.04 bits per heavy atom. The fourth-order valence-corrected chi connectivity index (χ4v) is 2.32. The summed E-state index contributed by atoms with van der Waals surface area (Å²) >= 11 is 0. The van der Waals surface area contributed by atoms with E-state index in [0.717, 1.165) is 11.1 Å². The summed E-state index contributed by atoms with van der Waals surface area (Å²) in [5.74, 6) is 0.207. The van der Waals surface area contributed by atoms with E-state index < -0.39 is 6.61 Å². The number of pyridine rings is 2. The monoisotopic (exact) mass is 344 g/mol. The van der Waals surface area contributed by atoms with Crippen LogP contribution in [-0.4, -0.2) is 33.7 Å². The lowest BCUT2D eigenvalue weighted by molar-refractivity contribution is -0.0524. The van der Waals surface area contributed by atoms with Gasteiger partial charge in [0.1, 0.15) is 6.33 Å². The molecular formula is C17H14F2N4O2. The molecular weight excluding hydrogens is 330 g/mol. The zero-order valence-electron chi connectivity index (χ0n) is 13.3. The minimum atomic E-state index is -2.97. The molecule has 0 radical (unpaired) electrons. The molecule has 3 heterocycles. The van der Waals surface area contributed by atoms with Gasteiger partial charge in [-0.15, -0.1) is 0 Å². The molecule has 3 rings (SSSR count). The molecule has 3 aromatic rings. The summed E-state index contributed by atoms with van der Waals surface area (Å²) in [5, 5.41) is 0. The average molecular weight is 344 g/mol. The summed E-state index contributed by atoms with van der Waals surface area (Å²) in [5.41, 5.74) is 2.73. The number of hydrogen-bond donors (Lipinski definition) is 0. The third-order valence-corrected chi connectivity index (χ3v) is 3.39. The number of halogens is 2. The van der Waals surface area contributed by atoms with Crippen molar-refractivity contribution in [3.63, 3.8) is 0 Å². The highest BCUT2D eigenvalue weighted by Gasteiger charge is 2.15. The van der Waals surface area contributed by atoms with Crippen molar-refractivity contribution in [2.75, 3.05) is 7.11 Å². The lowest BCUT2D eigenvalue weighted by Gasteiger charge is -2.12. The van der Waals surface area contributed by atoms with E-state index in [4.69, 9.17) is 4.74 Å². The van der Waals surface area contributed by atoms with E-state index in [-0.39, 0.29) is 5.88 Å². The quantitative estimate of drug-likeness (QED) is 0.684. The molecule has 0 fully saturated rings. The first-order valence-electron chi connectivity index (χ1n) is 7.33. The Bertz CT molecular complexity index is 847. The van der Waals surface area contributed by atoms with Gasteiger partial charge in [0.2, 0.25) is 11.8 Å². The molecule has 0 spiro atoms. The topological polar surface area (TPSA) is 70.0 Å². The van der Waals surface area contributed by atoms with Crippen LogP contribution in [0.3, 0.4) is 0 Å². The molecule has 6 nitrogen and oxygen atoms in total. The van der Waals surface area contributed by atoms with Gasteiger partial charge >= 0.3 is 6.61 Å². The van der Waals surface area contributed by atoms with Crippen molar-refractivity contribution in [2.45, 2.75) is 13.0 Å². The van der Waals surface area contributed by atoms with Crippen LogP contribution >= 0.6 is 0 Å². The van der Waals surface area contributed by atoms with Crippen LogP contribution in [0.25, 0.3) is 11.1 Å². The van der Waals surface area contributed by atoms with Crippen LogP contribution in [0.15, 0.2) is 49.3 Å². The molecule has 0 atom stereocenters. The third kappa shape index (κ3) is 4.23. The third-order valence-electron chi connectivity index (χ3n) is 3.39. The summed E-state index contributed by atoms with van der Waals surface area (Å²) in [6.07, 6.45) is 8.34. The Labute approximate surface area is 142 Å². The van der Waals surface area contributed by atoms with Gasteiger partial charge in [0.05, 0.1) is 7.11 Å². The van der Waals surface area contributed by atoms with Gasteiger partial charge in [0, 0.05) is 42.8 Å². The van der Waals surface area contributed by atoms with Crippen molar-refractivity contribution < 1.29 is 18.3 Å². The van der Waals surface area contributed by atoms with Crippen LogP contribution in [0.2, 0.25) is 0 Å². The van der Waals surface area contributed by atoms with Gasteiger partial charge < -0.3 is 9.47 Å². The lowest BCUT2D eigenvalue weighted by Crippen LogP contribution is -2.06. The first kappa shape index (κ1) is 16.7.